The Labute approximate surface area is 169 Å². The number of halogens is 1. The maximum atomic E-state index is 13.5. The number of rotatable bonds is 6. The molecule has 2 aromatic rings. The summed E-state index contributed by atoms with van der Waals surface area (Å²) in [7, 11) is -3.78. The quantitative estimate of drug-likeness (QED) is 0.769. The number of ether oxygens (including phenoxy) is 3. The van der Waals surface area contributed by atoms with Gasteiger partial charge < -0.3 is 14.2 Å². The van der Waals surface area contributed by atoms with Crippen molar-refractivity contribution in [2.75, 3.05) is 39.6 Å². The van der Waals surface area contributed by atoms with Gasteiger partial charge in [-0.05, 0) is 48.4 Å². The highest BCUT2D eigenvalue weighted by atomic mass is 32.2. The molecular weight excluding hydrogens is 399 g/mol. The Morgan fingerprint density at radius 2 is 1.86 bits per heavy atom. The molecule has 1 N–H and O–H groups in total. The van der Waals surface area contributed by atoms with Crippen molar-refractivity contribution in [1.82, 2.24) is 9.62 Å². The molecule has 2 aliphatic heterocycles. The van der Waals surface area contributed by atoms with Gasteiger partial charge in [0.1, 0.15) is 5.82 Å². The van der Waals surface area contributed by atoms with Gasteiger partial charge in [0.05, 0.1) is 18.1 Å². The topological polar surface area (TPSA) is 77.1 Å². The number of aryl methyl sites for hydroxylation is 1. The summed E-state index contributed by atoms with van der Waals surface area (Å²) in [4.78, 5) is 2.22. The molecule has 0 aromatic heterocycles. The summed E-state index contributed by atoms with van der Waals surface area (Å²) in [5.41, 5.74) is 1.21. The van der Waals surface area contributed by atoms with Crippen LogP contribution in [0.3, 0.4) is 0 Å². The summed E-state index contributed by atoms with van der Waals surface area (Å²) in [5, 5.41) is 0. The van der Waals surface area contributed by atoms with Crippen molar-refractivity contribution < 1.29 is 27.0 Å². The highest BCUT2D eigenvalue weighted by Crippen LogP contribution is 2.35. The van der Waals surface area contributed by atoms with Crippen LogP contribution in [-0.4, -0.2) is 53.0 Å². The lowest BCUT2D eigenvalue weighted by Gasteiger charge is -2.35. The van der Waals surface area contributed by atoms with Crippen molar-refractivity contribution in [3.05, 3.63) is 53.3 Å². The van der Waals surface area contributed by atoms with E-state index in [2.05, 4.69) is 9.62 Å². The van der Waals surface area contributed by atoms with E-state index in [0.29, 0.717) is 37.8 Å². The van der Waals surface area contributed by atoms with Crippen LogP contribution < -0.4 is 14.2 Å². The second kappa shape index (κ2) is 8.27. The Hall–Kier alpha value is -2.20. The Kier molecular flexibility index (Phi) is 5.73. The average molecular weight is 422 g/mol. The van der Waals surface area contributed by atoms with E-state index >= 15 is 0 Å². The smallest absolute Gasteiger partial charge is 0.240 e. The first kappa shape index (κ1) is 20.1. The molecule has 29 heavy (non-hydrogen) atoms. The molecule has 2 heterocycles. The van der Waals surface area contributed by atoms with Crippen molar-refractivity contribution in [1.29, 1.82) is 0 Å². The number of benzene rings is 2. The molecule has 0 bridgehead atoms. The number of hydrogen-bond donors (Lipinski definition) is 1. The molecule has 0 aliphatic carbocycles. The third-order valence-corrected chi connectivity index (χ3v) is 6.60. The van der Waals surface area contributed by atoms with Gasteiger partial charge in [0.25, 0.3) is 0 Å². The number of sulfonamides is 1. The average Bonchev–Trinajstić information content (AvgIpc) is 3.19. The molecule has 1 atom stereocenters. The van der Waals surface area contributed by atoms with Crippen LogP contribution >= 0.6 is 0 Å². The molecule has 4 rings (SSSR count). The van der Waals surface area contributed by atoms with Crippen molar-refractivity contribution in [2.24, 2.45) is 0 Å². The number of morpholine rings is 1. The molecule has 0 unspecified atom stereocenters. The summed E-state index contributed by atoms with van der Waals surface area (Å²) in [6.45, 7) is 4.44. The highest BCUT2D eigenvalue weighted by Gasteiger charge is 2.27. The van der Waals surface area contributed by atoms with Gasteiger partial charge in [-0.15, -0.1) is 0 Å². The minimum atomic E-state index is -3.78. The second-order valence-corrected chi connectivity index (χ2v) is 8.81. The Balaban J connectivity index is 1.57. The van der Waals surface area contributed by atoms with E-state index in [4.69, 9.17) is 14.2 Å². The Morgan fingerprint density at radius 3 is 2.62 bits per heavy atom. The van der Waals surface area contributed by atoms with Crippen molar-refractivity contribution in [3.63, 3.8) is 0 Å². The summed E-state index contributed by atoms with van der Waals surface area (Å²) < 4.78 is 58.0. The normalized spacial score (nSPS) is 18.0. The van der Waals surface area contributed by atoms with Gasteiger partial charge in [-0.3, -0.25) is 4.90 Å². The maximum Gasteiger partial charge on any atom is 0.240 e. The molecular formula is C20H23FN2O5S. The van der Waals surface area contributed by atoms with Gasteiger partial charge in [0.15, 0.2) is 11.5 Å². The van der Waals surface area contributed by atoms with Crippen molar-refractivity contribution >= 4 is 10.0 Å². The van der Waals surface area contributed by atoms with Gasteiger partial charge in [0.2, 0.25) is 16.8 Å². The van der Waals surface area contributed by atoms with Gasteiger partial charge in [-0.1, -0.05) is 6.07 Å². The summed E-state index contributed by atoms with van der Waals surface area (Å²) in [5.74, 6) is 0.894. The van der Waals surface area contributed by atoms with Crippen LogP contribution in [0, 0.1) is 12.7 Å². The van der Waals surface area contributed by atoms with E-state index in [1.165, 1.54) is 25.1 Å². The van der Waals surface area contributed by atoms with E-state index in [-0.39, 0.29) is 29.8 Å². The first-order chi connectivity index (χ1) is 13.9. The molecule has 0 spiro atoms. The number of hydrogen-bond acceptors (Lipinski definition) is 6. The zero-order valence-corrected chi connectivity index (χ0v) is 16.9. The predicted molar refractivity (Wildman–Crippen MR) is 104 cm³/mol. The van der Waals surface area contributed by atoms with E-state index in [1.54, 1.807) is 0 Å². The summed E-state index contributed by atoms with van der Waals surface area (Å²) >= 11 is 0. The SMILES string of the molecule is Cc1cc(S(=O)(=O)NC[C@@H](c2ccc3c(c2)OCO3)N2CCOCC2)ccc1F. The third kappa shape index (κ3) is 4.37. The van der Waals surface area contributed by atoms with Crippen molar-refractivity contribution in [2.45, 2.75) is 17.9 Å². The molecule has 156 valence electrons. The van der Waals surface area contributed by atoms with E-state index < -0.39 is 15.8 Å². The lowest BCUT2D eigenvalue weighted by atomic mass is 10.0. The van der Waals surface area contributed by atoms with Crippen LogP contribution in [0.4, 0.5) is 4.39 Å². The van der Waals surface area contributed by atoms with E-state index in [0.717, 1.165) is 5.56 Å². The zero-order valence-electron chi connectivity index (χ0n) is 16.1. The second-order valence-electron chi connectivity index (χ2n) is 7.04. The van der Waals surface area contributed by atoms with E-state index in [9.17, 15) is 12.8 Å². The van der Waals surface area contributed by atoms with Crippen LogP contribution in [-0.2, 0) is 14.8 Å². The molecule has 0 saturated carbocycles. The molecule has 7 nitrogen and oxygen atoms in total. The number of fused-ring (bicyclic) bond motifs is 1. The number of nitrogens with zero attached hydrogens (tertiary/aromatic N) is 1. The molecule has 9 heteroatoms. The van der Waals surface area contributed by atoms with Crippen LogP contribution in [0.25, 0.3) is 0 Å². The van der Waals surface area contributed by atoms with Gasteiger partial charge in [-0.25, -0.2) is 17.5 Å². The summed E-state index contributed by atoms with van der Waals surface area (Å²) in [6, 6.07) is 9.22. The molecule has 2 aliphatic rings. The first-order valence-corrected chi connectivity index (χ1v) is 10.9. The van der Waals surface area contributed by atoms with Gasteiger partial charge >= 0.3 is 0 Å². The summed E-state index contributed by atoms with van der Waals surface area (Å²) in [6.07, 6.45) is 0. The van der Waals surface area contributed by atoms with Crippen molar-refractivity contribution in [3.8, 4) is 11.5 Å². The Morgan fingerprint density at radius 1 is 1.10 bits per heavy atom. The lowest BCUT2D eigenvalue weighted by Crippen LogP contribution is -2.43. The van der Waals surface area contributed by atoms with Gasteiger partial charge in [-0.2, -0.15) is 0 Å². The molecule has 2 aromatic carbocycles. The fourth-order valence-corrected chi connectivity index (χ4v) is 4.65. The first-order valence-electron chi connectivity index (χ1n) is 9.41. The molecule has 0 radical (unpaired) electrons. The molecule has 0 amide bonds. The minimum Gasteiger partial charge on any atom is -0.454 e. The fraction of sp³-hybridized carbons (Fsp3) is 0.400. The standard InChI is InChI=1S/C20H23FN2O5S/c1-14-10-16(3-4-17(14)21)29(24,25)22-12-18(23-6-8-26-9-7-23)15-2-5-19-20(11-15)28-13-27-19/h2-5,10-11,18,22H,6-9,12-13H2,1H3/t18-/m0/s1. The van der Waals surface area contributed by atoms with Crippen LogP contribution in [0.2, 0.25) is 0 Å². The third-order valence-electron chi connectivity index (χ3n) is 5.17. The Bertz CT molecular complexity index is 992. The van der Waals surface area contributed by atoms with E-state index in [1.807, 2.05) is 18.2 Å². The lowest BCUT2D eigenvalue weighted by molar-refractivity contribution is 0.0171. The number of nitrogens with one attached hydrogen (secondary N) is 1. The minimum absolute atomic E-state index is 0.0443. The van der Waals surface area contributed by atoms with Crippen LogP contribution in [0.5, 0.6) is 11.5 Å². The maximum absolute atomic E-state index is 13.5. The zero-order chi connectivity index (χ0) is 20.4. The monoisotopic (exact) mass is 422 g/mol. The van der Waals surface area contributed by atoms with Gasteiger partial charge in [0, 0.05) is 25.7 Å². The highest BCUT2D eigenvalue weighted by molar-refractivity contribution is 7.89. The van der Waals surface area contributed by atoms with Crippen LogP contribution in [0.15, 0.2) is 41.3 Å². The van der Waals surface area contributed by atoms with Crippen LogP contribution in [0.1, 0.15) is 17.2 Å². The predicted octanol–water partition coefficient (Wildman–Crippen LogP) is 2.21. The molecule has 1 fully saturated rings. The largest absolute Gasteiger partial charge is 0.454 e. The molecule has 1 saturated heterocycles. The fourth-order valence-electron chi connectivity index (χ4n) is 3.52.